The molecule has 0 fully saturated rings. The van der Waals surface area contributed by atoms with Gasteiger partial charge >= 0.3 is 0 Å². The van der Waals surface area contributed by atoms with Crippen molar-refractivity contribution in [3.63, 3.8) is 0 Å². The van der Waals surface area contributed by atoms with Gasteiger partial charge in [0.2, 0.25) is 0 Å². The number of carbonyl (C=O) groups excluding carboxylic acids is 1. The van der Waals surface area contributed by atoms with Gasteiger partial charge in [0.25, 0.3) is 11.6 Å². The van der Waals surface area contributed by atoms with E-state index in [2.05, 4.69) is 5.32 Å². The van der Waals surface area contributed by atoms with Crippen molar-refractivity contribution in [1.29, 1.82) is 0 Å². The number of nitrogens with zero attached hydrogens (tertiary/aromatic N) is 1. The molecule has 0 bridgehead atoms. The van der Waals surface area contributed by atoms with Crippen molar-refractivity contribution in [2.75, 3.05) is 5.75 Å². The molecule has 20 heavy (non-hydrogen) atoms. The molecule has 1 unspecified atom stereocenters. The molecule has 1 aliphatic rings. The van der Waals surface area contributed by atoms with E-state index in [-0.39, 0.29) is 22.0 Å². The van der Waals surface area contributed by atoms with E-state index >= 15 is 0 Å². The summed E-state index contributed by atoms with van der Waals surface area (Å²) < 4.78 is 22.4. The molecule has 0 saturated heterocycles. The Kier molecular flexibility index (Phi) is 3.78. The van der Waals surface area contributed by atoms with Crippen LogP contribution in [0.15, 0.2) is 29.7 Å². The molecule has 1 heterocycles. The Balaban J connectivity index is 2.13. The predicted octanol–water partition coefficient (Wildman–Crippen LogP) is 1.29. The maximum Gasteiger partial charge on any atom is 0.287 e. The van der Waals surface area contributed by atoms with Gasteiger partial charge in [-0.05, 0) is 18.2 Å². The van der Waals surface area contributed by atoms with Gasteiger partial charge in [0, 0.05) is 17.0 Å². The minimum atomic E-state index is -3.26. The maximum atomic E-state index is 11.9. The van der Waals surface area contributed by atoms with Crippen molar-refractivity contribution in [3.8, 4) is 0 Å². The molecule has 7 nitrogen and oxygen atoms in total. The molecule has 1 aromatic carbocycles. The number of benzene rings is 1. The quantitative estimate of drug-likeness (QED) is 0.668. The van der Waals surface area contributed by atoms with Crippen LogP contribution in [0.4, 0.5) is 5.69 Å². The van der Waals surface area contributed by atoms with Crippen molar-refractivity contribution in [1.82, 2.24) is 5.32 Å². The van der Waals surface area contributed by atoms with Crippen LogP contribution in [-0.2, 0) is 9.84 Å². The highest BCUT2D eigenvalue weighted by Crippen LogP contribution is 2.25. The largest absolute Gasteiger partial charge is 0.345 e. The zero-order valence-electron chi connectivity index (χ0n) is 9.95. The van der Waals surface area contributed by atoms with Crippen molar-refractivity contribution < 1.29 is 18.1 Å². The lowest BCUT2D eigenvalue weighted by Crippen LogP contribution is -2.35. The molecule has 0 spiro atoms. The second-order valence-corrected chi connectivity index (χ2v) is 6.50. The highest BCUT2D eigenvalue weighted by atomic mass is 35.5. The third-order valence-corrected chi connectivity index (χ3v) is 4.35. The van der Waals surface area contributed by atoms with Gasteiger partial charge in [-0.3, -0.25) is 14.9 Å². The number of hydrogen-bond acceptors (Lipinski definition) is 5. The monoisotopic (exact) mass is 316 g/mol. The number of nitro groups is 1. The summed E-state index contributed by atoms with van der Waals surface area (Å²) in [7, 11) is -3.26. The van der Waals surface area contributed by atoms with Crippen molar-refractivity contribution >= 4 is 33.0 Å². The van der Waals surface area contributed by atoms with E-state index in [4.69, 9.17) is 11.6 Å². The Hall–Kier alpha value is -1.93. The van der Waals surface area contributed by atoms with Crippen molar-refractivity contribution in [3.05, 3.63) is 50.4 Å². The number of halogens is 1. The third-order valence-electron chi connectivity index (χ3n) is 2.65. The fraction of sp³-hybridized carbons (Fsp3) is 0.182. The van der Waals surface area contributed by atoms with Crippen LogP contribution in [0.1, 0.15) is 10.4 Å². The second kappa shape index (κ2) is 5.22. The smallest absolute Gasteiger partial charge is 0.287 e. The summed E-state index contributed by atoms with van der Waals surface area (Å²) in [5.41, 5.74) is -0.176. The van der Waals surface area contributed by atoms with Gasteiger partial charge in [0.15, 0.2) is 9.84 Å². The topological polar surface area (TPSA) is 106 Å². The Labute approximate surface area is 119 Å². The Morgan fingerprint density at radius 2 is 2.15 bits per heavy atom. The van der Waals surface area contributed by atoms with Crippen LogP contribution in [0.5, 0.6) is 0 Å². The third kappa shape index (κ3) is 3.14. The lowest BCUT2D eigenvalue weighted by molar-refractivity contribution is -0.384. The summed E-state index contributed by atoms with van der Waals surface area (Å²) in [4.78, 5) is 21.8. The number of hydrogen-bond donors (Lipinski definition) is 1. The average molecular weight is 317 g/mol. The first-order valence-electron chi connectivity index (χ1n) is 5.44. The van der Waals surface area contributed by atoms with Gasteiger partial charge in [-0.2, -0.15) is 0 Å². The van der Waals surface area contributed by atoms with Crippen LogP contribution in [0.25, 0.3) is 0 Å². The minimum absolute atomic E-state index is 0.123. The molecule has 9 heteroatoms. The van der Waals surface area contributed by atoms with E-state index < -0.39 is 26.7 Å². The fourth-order valence-electron chi connectivity index (χ4n) is 1.71. The van der Waals surface area contributed by atoms with Gasteiger partial charge < -0.3 is 5.32 Å². The zero-order valence-corrected chi connectivity index (χ0v) is 11.5. The van der Waals surface area contributed by atoms with Gasteiger partial charge in [0.05, 0.1) is 16.7 Å². The Morgan fingerprint density at radius 3 is 2.65 bits per heavy atom. The van der Waals surface area contributed by atoms with Gasteiger partial charge in [-0.1, -0.05) is 11.6 Å². The average Bonchev–Trinajstić information content (AvgIpc) is 2.68. The van der Waals surface area contributed by atoms with E-state index in [9.17, 15) is 23.3 Å². The van der Waals surface area contributed by atoms with Gasteiger partial charge in [-0.15, -0.1) is 0 Å². The molecule has 2 rings (SSSR count). The van der Waals surface area contributed by atoms with Gasteiger partial charge in [-0.25, -0.2) is 8.42 Å². The van der Waals surface area contributed by atoms with Crippen molar-refractivity contribution in [2.45, 2.75) is 6.04 Å². The first-order valence-corrected chi connectivity index (χ1v) is 7.53. The summed E-state index contributed by atoms with van der Waals surface area (Å²) >= 11 is 5.70. The van der Waals surface area contributed by atoms with Gasteiger partial charge in [0.1, 0.15) is 5.02 Å². The van der Waals surface area contributed by atoms with E-state index in [1.165, 1.54) is 18.2 Å². The van der Waals surface area contributed by atoms with E-state index in [1.807, 2.05) is 0 Å². The van der Waals surface area contributed by atoms with Crippen LogP contribution in [0.2, 0.25) is 5.02 Å². The minimum Gasteiger partial charge on any atom is -0.345 e. The summed E-state index contributed by atoms with van der Waals surface area (Å²) in [5, 5.41) is 14.0. The normalized spacial score (nSPS) is 19.8. The van der Waals surface area contributed by atoms with E-state index in [0.717, 1.165) is 11.5 Å². The highest BCUT2D eigenvalue weighted by Gasteiger charge is 2.24. The summed E-state index contributed by atoms with van der Waals surface area (Å²) in [6, 6.07) is 2.94. The zero-order chi connectivity index (χ0) is 14.9. The number of nitro benzene ring substituents is 1. The van der Waals surface area contributed by atoms with Crippen LogP contribution < -0.4 is 5.32 Å². The summed E-state index contributed by atoms with van der Waals surface area (Å²) in [5.74, 6) is -0.743. The molecule has 1 amide bonds. The van der Waals surface area contributed by atoms with E-state index in [1.54, 1.807) is 0 Å². The number of nitrogens with one attached hydrogen (secondary N) is 1. The second-order valence-electron chi connectivity index (χ2n) is 4.16. The molecular weight excluding hydrogens is 308 g/mol. The number of rotatable bonds is 3. The fourth-order valence-corrected chi connectivity index (χ4v) is 3.20. The highest BCUT2D eigenvalue weighted by molar-refractivity contribution is 7.94. The van der Waals surface area contributed by atoms with Crippen LogP contribution >= 0.6 is 11.6 Å². The number of amides is 1. The molecule has 0 aliphatic carbocycles. The van der Waals surface area contributed by atoms with Crippen molar-refractivity contribution in [2.24, 2.45) is 0 Å². The SMILES string of the molecule is O=C(NC1C=CS(=O)(=O)C1)c1ccc([N+](=O)[O-])c(Cl)c1. The molecule has 1 N–H and O–H groups in total. The lowest BCUT2D eigenvalue weighted by Gasteiger charge is -2.10. The molecule has 0 saturated carbocycles. The molecule has 1 aliphatic heterocycles. The summed E-state index contributed by atoms with van der Waals surface area (Å²) in [6.45, 7) is 0. The molecular formula is C11H9ClN2O5S. The molecule has 1 aromatic rings. The van der Waals surface area contributed by atoms with Crippen LogP contribution in [-0.4, -0.2) is 31.0 Å². The molecule has 0 aromatic heterocycles. The Bertz CT molecular complexity index is 714. The standard InChI is InChI=1S/C11H9ClN2O5S/c12-9-5-7(1-2-10(9)14(16)17)11(15)13-8-3-4-20(18,19)6-8/h1-5,8H,6H2,(H,13,15). The molecule has 106 valence electrons. The molecule has 0 radical (unpaired) electrons. The lowest BCUT2D eigenvalue weighted by atomic mass is 10.2. The summed E-state index contributed by atoms with van der Waals surface area (Å²) in [6.07, 6.45) is 1.38. The molecule has 1 atom stereocenters. The number of carbonyl (C=O) groups is 1. The Morgan fingerprint density at radius 1 is 1.45 bits per heavy atom. The van der Waals surface area contributed by atoms with Crippen LogP contribution in [0.3, 0.4) is 0 Å². The number of sulfone groups is 1. The maximum absolute atomic E-state index is 11.9. The first kappa shape index (κ1) is 14.5. The first-order chi connectivity index (χ1) is 9.28. The van der Waals surface area contributed by atoms with E-state index in [0.29, 0.717) is 0 Å². The van der Waals surface area contributed by atoms with Crippen LogP contribution in [0, 0.1) is 10.1 Å². The predicted molar refractivity (Wildman–Crippen MR) is 72.3 cm³/mol.